The highest BCUT2D eigenvalue weighted by Crippen LogP contribution is 2.22. The van der Waals surface area contributed by atoms with Gasteiger partial charge >= 0.3 is 0 Å². The molecule has 76 valence electrons. The molecular weight excluding hydrogens is 305 g/mol. The average Bonchev–Trinajstić information content (AvgIpc) is 2.31. The van der Waals surface area contributed by atoms with Crippen molar-refractivity contribution >= 4 is 22.6 Å². The minimum atomic E-state index is 0.498. The molecule has 0 spiro atoms. The number of hydrogen-bond donors (Lipinski definition) is 1. The molecule has 2 rings (SSSR count). The summed E-state index contributed by atoms with van der Waals surface area (Å²) in [5, 5.41) is 15.2. The van der Waals surface area contributed by atoms with Crippen LogP contribution in [0, 0.1) is 3.57 Å². The van der Waals surface area contributed by atoms with Crippen LogP contribution in [-0.2, 0) is 6.54 Å². The molecule has 0 saturated carbocycles. The third-order valence-corrected chi connectivity index (χ3v) is 2.86. The van der Waals surface area contributed by atoms with E-state index in [-0.39, 0.29) is 0 Å². The quantitative estimate of drug-likeness (QED) is 0.837. The molecule has 2 aromatic rings. The van der Waals surface area contributed by atoms with Crippen molar-refractivity contribution in [3.05, 3.63) is 33.7 Å². The summed E-state index contributed by atoms with van der Waals surface area (Å²) >= 11 is 2.22. The normalized spacial score (nSPS) is 10.3. The van der Waals surface area contributed by atoms with E-state index < -0.39 is 0 Å². The maximum atomic E-state index is 5.57. The number of nitrogens with zero attached hydrogens (tertiary/aromatic N) is 4. The van der Waals surface area contributed by atoms with Gasteiger partial charge in [0.05, 0.1) is 0 Å². The van der Waals surface area contributed by atoms with Gasteiger partial charge in [0.1, 0.15) is 0 Å². The molecule has 5 nitrogen and oxygen atoms in total. The van der Waals surface area contributed by atoms with Crippen molar-refractivity contribution < 1.29 is 0 Å². The second-order valence-electron chi connectivity index (χ2n) is 2.89. The van der Waals surface area contributed by atoms with Crippen molar-refractivity contribution in [3.63, 3.8) is 0 Å². The largest absolute Gasteiger partial charge is 0.326 e. The first-order valence-corrected chi connectivity index (χ1v) is 5.38. The van der Waals surface area contributed by atoms with Gasteiger partial charge in [0, 0.05) is 15.7 Å². The molecule has 1 heterocycles. The molecule has 0 unspecified atom stereocenters. The highest BCUT2D eigenvalue weighted by atomic mass is 127. The monoisotopic (exact) mass is 313 g/mol. The van der Waals surface area contributed by atoms with Gasteiger partial charge in [-0.1, -0.05) is 6.07 Å². The van der Waals surface area contributed by atoms with E-state index in [9.17, 15) is 0 Å². The topological polar surface area (TPSA) is 77.6 Å². The minimum Gasteiger partial charge on any atom is -0.326 e. The van der Waals surface area contributed by atoms with Gasteiger partial charge in [-0.25, -0.2) is 0 Å². The average molecular weight is 313 g/mol. The van der Waals surface area contributed by atoms with Gasteiger partial charge in [-0.05, 0) is 40.3 Å². The van der Waals surface area contributed by atoms with Crippen LogP contribution in [0.3, 0.4) is 0 Å². The predicted molar refractivity (Wildman–Crippen MR) is 63.7 cm³/mol. The Balaban J connectivity index is 2.52. The van der Waals surface area contributed by atoms with Crippen LogP contribution in [-0.4, -0.2) is 20.4 Å². The van der Waals surface area contributed by atoms with Crippen LogP contribution in [0.1, 0.15) is 5.56 Å². The Morgan fingerprint density at radius 2 is 1.93 bits per heavy atom. The Morgan fingerprint density at radius 3 is 2.60 bits per heavy atom. The van der Waals surface area contributed by atoms with Crippen LogP contribution in [0.2, 0.25) is 0 Å². The Labute approximate surface area is 100 Å². The van der Waals surface area contributed by atoms with Crippen molar-refractivity contribution in [2.75, 3.05) is 0 Å². The Bertz CT molecular complexity index is 459. The van der Waals surface area contributed by atoms with E-state index in [2.05, 4.69) is 43.0 Å². The summed E-state index contributed by atoms with van der Waals surface area (Å²) in [7, 11) is 0. The molecule has 2 N–H and O–H groups in total. The number of halogens is 1. The molecule has 0 aliphatic rings. The number of benzene rings is 1. The zero-order valence-electron chi connectivity index (χ0n) is 7.76. The van der Waals surface area contributed by atoms with E-state index in [1.807, 2.05) is 18.2 Å². The summed E-state index contributed by atoms with van der Waals surface area (Å²) in [6, 6.07) is 5.92. The Morgan fingerprint density at radius 1 is 1.20 bits per heavy atom. The Hall–Kier alpha value is -1.15. The number of hydrogen-bond acceptors (Lipinski definition) is 5. The minimum absolute atomic E-state index is 0.498. The van der Waals surface area contributed by atoms with Crippen molar-refractivity contribution in [2.24, 2.45) is 5.73 Å². The second kappa shape index (κ2) is 4.58. The van der Waals surface area contributed by atoms with Crippen LogP contribution in [0.15, 0.2) is 24.5 Å². The highest BCUT2D eigenvalue weighted by molar-refractivity contribution is 14.1. The standard InChI is InChI=1S/C9H8IN5/c10-8-2-1-6(4-11)3-7(8)9-14-12-5-13-15-9/h1-3,5H,4,11H2. The van der Waals surface area contributed by atoms with Gasteiger partial charge in [0.25, 0.3) is 0 Å². The summed E-state index contributed by atoms with van der Waals surface area (Å²) in [5.74, 6) is 0.525. The maximum absolute atomic E-state index is 5.57. The molecule has 0 radical (unpaired) electrons. The Kier molecular flexibility index (Phi) is 3.17. The molecule has 0 fully saturated rings. The first-order valence-electron chi connectivity index (χ1n) is 4.30. The van der Waals surface area contributed by atoms with E-state index in [1.165, 1.54) is 6.33 Å². The second-order valence-corrected chi connectivity index (χ2v) is 4.05. The summed E-state index contributed by atoms with van der Waals surface area (Å²) in [6.07, 6.45) is 1.31. The van der Waals surface area contributed by atoms with Crippen molar-refractivity contribution in [1.29, 1.82) is 0 Å². The van der Waals surface area contributed by atoms with Gasteiger partial charge < -0.3 is 5.73 Å². The van der Waals surface area contributed by atoms with Crippen LogP contribution >= 0.6 is 22.6 Å². The van der Waals surface area contributed by atoms with E-state index in [4.69, 9.17) is 5.73 Å². The first-order chi connectivity index (χ1) is 7.31. The predicted octanol–water partition coefficient (Wildman–Crippen LogP) is 0.997. The van der Waals surface area contributed by atoms with E-state index >= 15 is 0 Å². The maximum Gasteiger partial charge on any atom is 0.204 e. The van der Waals surface area contributed by atoms with Crippen LogP contribution in [0.4, 0.5) is 0 Å². The summed E-state index contributed by atoms with van der Waals surface area (Å²) in [4.78, 5) is 0. The molecule has 1 aromatic heterocycles. The van der Waals surface area contributed by atoms with E-state index in [0.717, 1.165) is 14.7 Å². The van der Waals surface area contributed by atoms with Crippen LogP contribution in [0.5, 0.6) is 0 Å². The molecule has 6 heteroatoms. The van der Waals surface area contributed by atoms with Gasteiger partial charge in [0.15, 0.2) is 6.33 Å². The van der Waals surface area contributed by atoms with E-state index in [0.29, 0.717) is 12.4 Å². The summed E-state index contributed by atoms with van der Waals surface area (Å²) in [5.41, 5.74) is 7.53. The molecule has 0 bridgehead atoms. The fourth-order valence-corrected chi connectivity index (χ4v) is 1.76. The summed E-state index contributed by atoms with van der Waals surface area (Å²) < 4.78 is 1.06. The zero-order valence-corrected chi connectivity index (χ0v) is 9.92. The first kappa shape index (κ1) is 10.4. The molecule has 15 heavy (non-hydrogen) atoms. The molecule has 0 amide bonds. The molecule has 0 atom stereocenters. The third-order valence-electron chi connectivity index (χ3n) is 1.92. The summed E-state index contributed by atoms with van der Waals surface area (Å²) in [6.45, 7) is 0.498. The van der Waals surface area contributed by atoms with Crippen molar-refractivity contribution in [2.45, 2.75) is 6.54 Å². The molecule has 0 aliphatic carbocycles. The van der Waals surface area contributed by atoms with Gasteiger partial charge in [-0.15, -0.1) is 20.4 Å². The van der Waals surface area contributed by atoms with E-state index in [1.54, 1.807) is 0 Å². The third kappa shape index (κ3) is 2.26. The number of rotatable bonds is 2. The smallest absolute Gasteiger partial charge is 0.204 e. The lowest BCUT2D eigenvalue weighted by atomic mass is 10.1. The van der Waals surface area contributed by atoms with Crippen molar-refractivity contribution in [1.82, 2.24) is 20.4 Å². The number of nitrogens with two attached hydrogens (primary N) is 1. The lowest BCUT2D eigenvalue weighted by Crippen LogP contribution is -2.00. The van der Waals surface area contributed by atoms with Gasteiger partial charge in [-0.2, -0.15) is 0 Å². The van der Waals surface area contributed by atoms with Gasteiger partial charge in [-0.3, -0.25) is 0 Å². The number of aromatic nitrogens is 4. The lowest BCUT2D eigenvalue weighted by molar-refractivity contribution is 0.863. The van der Waals surface area contributed by atoms with Gasteiger partial charge in [0.2, 0.25) is 5.82 Å². The molecule has 1 aromatic carbocycles. The van der Waals surface area contributed by atoms with Crippen LogP contribution in [0.25, 0.3) is 11.4 Å². The van der Waals surface area contributed by atoms with Crippen LogP contribution < -0.4 is 5.73 Å². The zero-order chi connectivity index (χ0) is 10.7. The SMILES string of the molecule is NCc1ccc(I)c(-c2nncnn2)c1. The molecule has 0 saturated heterocycles. The lowest BCUT2D eigenvalue weighted by Gasteiger charge is -2.03. The molecular formula is C9H8IN5. The van der Waals surface area contributed by atoms with Crippen molar-refractivity contribution in [3.8, 4) is 11.4 Å². The highest BCUT2D eigenvalue weighted by Gasteiger charge is 2.07. The fourth-order valence-electron chi connectivity index (χ4n) is 1.18. The molecule has 0 aliphatic heterocycles. The fraction of sp³-hybridized carbons (Fsp3) is 0.111.